The molecule has 0 aliphatic carbocycles. The molecule has 8 heteroatoms. The predicted octanol–water partition coefficient (Wildman–Crippen LogP) is 2.75. The SMILES string of the molecule is CC(C)(C)OC(=O)N(N)C1CCN(CC(F)(F)c2ccccn2)CC1. The van der Waals surface area contributed by atoms with Crippen LogP contribution in [0.5, 0.6) is 0 Å². The van der Waals surface area contributed by atoms with Crippen molar-refractivity contribution in [2.75, 3.05) is 19.6 Å². The minimum Gasteiger partial charge on any atom is -0.443 e. The number of nitrogens with two attached hydrogens (primary N) is 1. The lowest BCUT2D eigenvalue weighted by atomic mass is 10.0. The van der Waals surface area contributed by atoms with Crippen molar-refractivity contribution in [3.8, 4) is 0 Å². The minimum absolute atomic E-state index is 0.213. The molecule has 1 saturated heterocycles. The van der Waals surface area contributed by atoms with E-state index >= 15 is 0 Å². The van der Waals surface area contributed by atoms with Gasteiger partial charge in [-0.2, -0.15) is 8.78 Å². The number of likely N-dealkylation sites (tertiary alicyclic amines) is 1. The molecule has 1 aromatic heterocycles. The first-order valence-electron chi connectivity index (χ1n) is 8.37. The van der Waals surface area contributed by atoms with E-state index in [4.69, 9.17) is 10.6 Å². The molecule has 1 aromatic rings. The third kappa shape index (κ3) is 5.61. The van der Waals surface area contributed by atoms with Crippen molar-refractivity contribution in [2.45, 2.75) is 51.2 Å². The van der Waals surface area contributed by atoms with Crippen LogP contribution in [-0.4, -0.2) is 52.3 Å². The number of ether oxygens (including phenoxy) is 1. The van der Waals surface area contributed by atoms with Gasteiger partial charge in [-0.1, -0.05) is 6.07 Å². The highest BCUT2D eigenvalue weighted by Gasteiger charge is 2.37. The Labute approximate surface area is 146 Å². The molecule has 2 rings (SSSR count). The molecular formula is C17H26F2N4O2. The molecule has 25 heavy (non-hydrogen) atoms. The first-order valence-corrected chi connectivity index (χ1v) is 8.37. The highest BCUT2D eigenvalue weighted by atomic mass is 19.3. The van der Waals surface area contributed by atoms with E-state index in [1.54, 1.807) is 37.8 Å². The maximum Gasteiger partial charge on any atom is 0.424 e. The summed E-state index contributed by atoms with van der Waals surface area (Å²) >= 11 is 0. The Kier molecular flexibility index (Phi) is 5.95. The lowest BCUT2D eigenvalue weighted by Gasteiger charge is -2.37. The number of carbonyl (C=O) groups is 1. The van der Waals surface area contributed by atoms with Crippen LogP contribution in [-0.2, 0) is 10.7 Å². The van der Waals surface area contributed by atoms with E-state index in [1.165, 1.54) is 12.3 Å². The van der Waals surface area contributed by atoms with Crippen molar-refractivity contribution in [3.05, 3.63) is 30.1 Å². The van der Waals surface area contributed by atoms with Gasteiger partial charge >= 0.3 is 12.0 Å². The summed E-state index contributed by atoms with van der Waals surface area (Å²) in [7, 11) is 0. The Morgan fingerprint density at radius 2 is 2.00 bits per heavy atom. The van der Waals surface area contributed by atoms with E-state index in [-0.39, 0.29) is 11.7 Å². The van der Waals surface area contributed by atoms with Crippen LogP contribution in [0, 0.1) is 0 Å². The molecular weight excluding hydrogens is 330 g/mol. The van der Waals surface area contributed by atoms with Crippen LogP contribution in [0.4, 0.5) is 13.6 Å². The lowest BCUT2D eigenvalue weighted by molar-refractivity contribution is -0.0516. The number of carbonyl (C=O) groups excluding carboxylic acids is 1. The first-order chi connectivity index (χ1) is 11.6. The van der Waals surface area contributed by atoms with E-state index < -0.39 is 24.2 Å². The number of alkyl halides is 2. The van der Waals surface area contributed by atoms with Crippen LogP contribution >= 0.6 is 0 Å². The number of nitrogens with zero attached hydrogens (tertiary/aromatic N) is 3. The van der Waals surface area contributed by atoms with Crippen LogP contribution in [0.15, 0.2) is 24.4 Å². The molecule has 0 radical (unpaired) electrons. The van der Waals surface area contributed by atoms with Gasteiger partial charge in [-0.05, 0) is 45.7 Å². The van der Waals surface area contributed by atoms with Crippen molar-refractivity contribution in [2.24, 2.45) is 5.84 Å². The van der Waals surface area contributed by atoms with Gasteiger partial charge in [-0.15, -0.1) is 0 Å². The molecule has 0 saturated carbocycles. The summed E-state index contributed by atoms with van der Waals surface area (Å²) in [6.45, 7) is 5.77. The Balaban J connectivity index is 1.86. The topological polar surface area (TPSA) is 71.7 Å². The number of rotatable bonds is 4. The van der Waals surface area contributed by atoms with Crippen molar-refractivity contribution in [1.29, 1.82) is 0 Å². The molecule has 6 nitrogen and oxygen atoms in total. The molecule has 1 aliphatic rings. The molecule has 0 atom stereocenters. The van der Waals surface area contributed by atoms with Crippen molar-refractivity contribution in [1.82, 2.24) is 14.9 Å². The molecule has 1 aliphatic heterocycles. The fourth-order valence-corrected chi connectivity index (χ4v) is 2.76. The van der Waals surface area contributed by atoms with Crippen LogP contribution < -0.4 is 5.84 Å². The number of hydrazine groups is 1. The van der Waals surface area contributed by atoms with Crippen LogP contribution in [0.25, 0.3) is 0 Å². The predicted molar refractivity (Wildman–Crippen MR) is 89.9 cm³/mol. The largest absolute Gasteiger partial charge is 0.443 e. The van der Waals surface area contributed by atoms with Gasteiger partial charge in [0.1, 0.15) is 11.3 Å². The van der Waals surface area contributed by atoms with Gasteiger partial charge in [0, 0.05) is 19.3 Å². The molecule has 1 amide bonds. The Bertz CT molecular complexity index is 570. The molecule has 2 heterocycles. The van der Waals surface area contributed by atoms with Gasteiger partial charge in [-0.3, -0.25) is 9.88 Å². The number of hydrogen-bond donors (Lipinski definition) is 1. The van der Waals surface area contributed by atoms with E-state index in [1.807, 2.05) is 0 Å². The highest BCUT2D eigenvalue weighted by molar-refractivity contribution is 5.67. The monoisotopic (exact) mass is 356 g/mol. The number of pyridine rings is 1. The first kappa shape index (κ1) is 19.5. The Morgan fingerprint density at radius 1 is 1.36 bits per heavy atom. The zero-order valence-electron chi connectivity index (χ0n) is 14.9. The summed E-state index contributed by atoms with van der Waals surface area (Å²) in [6, 6.07) is 4.28. The zero-order valence-corrected chi connectivity index (χ0v) is 14.9. The summed E-state index contributed by atoms with van der Waals surface area (Å²) in [4.78, 5) is 17.4. The quantitative estimate of drug-likeness (QED) is 0.510. The standard InChI is InChI=1S/C17H26F2N4O2/c1-16(2,3)25-15(24)23(20)13-7-10-22(11-8-13)12-17(18,19)14-6-4-5-9-21-14/h4-6,9,13H,7-8,10-12,20H2,1-3H3. The third-order valence-electron chi connectivity index (χ3n) is 4.02. The number of hydrogen-bond acceptors (Lipinski definition) is 5. The molecule has 1 fully saturated rings. The second kappa shape index (κ2) is 7.61. The fourth-order valence-electron chi connectivity index (χ4n) is 2.76. The Morgan fingerprint density at radius 3 is 2.52 bits per heavy atom. The number of halogens is 2. The van der Waals surface area contributed by atoms with Gasteiger partial charge in [0.05, 0.1) is 12.6 Å². The number of amides is 1. The summed E-state index contributed by atoms with van der Waals surface area (Å²) in [5, 5.41) is 1.08. The van der Waals surface area contributed by atoms with Gasteiger partial charge in [0.15, 0.2) is 0 Å². The lowest BCUT2D eigenvalue weighted by Crippen LogP contribution is -2.53. The third-order valence-corrected chi connectivity index (χ3v) is 4.02. The highest BCUT2D eigenvalue weighted by Crippen LogP contribution is 2.28. The Hall–Kier alpha value is -1.80. The van der Waals surface area contributed by atoms with Crippen LogP contribution in [0.3, 0.4) is 0 Å². The maximum atomic E-state index is 14.3. The van der Waals surface area contributed by atoms with Crippen molar-refractivity contribution >= 4 is 6.09 Å². The average molecular weight is 356 g/mol. The van der Waals surface area contributed by atoms with Crippen molar-refractivity contribution < 1.29 is 18.3 Å². The molecule has 0 unspecified atom stereocenters. The van der Waals surface area contributed by atoms with E-state index in [0.717, 1.165) is 5.01 Å². The van der Waals surface area contributed by atoms with Crippen molar-refractivity contribution in [3.63, 3.8) is 0 Å². The number of aromatic nitrogens is 1. The molecule has 2 N–H and O–H groups in total. The molecule has 0 spiro atoms. The second-order valence-corrected chi connectivity index (χ2v) is 7.31. The van der Waals surface area contributed by atoms with Gasteiger partial charge in [0.25, 0.3) is 0 Å². The number of piperidine rings is 1. The average Bonchev–Trinajstić information content (AvgIpc) is 2.54. The van der Waals surface area contributed by atoms with Gasteiger partial charge < -0.3 is 4.74 Å². The summed E-state index contributed by atoms with van der Waals surface area (Å²) in [5.41, 5.74) is -0.855. The van der Waals surface area contributed by atoms with Crippen LogP contribution in [0.1, 0.15) is 39.3 Å². The van der Waals surface area contributed by atoms with E-state index in [9.17, 15) is 13.6 Å². The molecule has 140 valence electrons. The minimum atomic E-state index is -3.01. The normalized spacial score (nSPS) is 17.4. The van der Waals surface area contributed by atoms with E-state index in [2.05, 4.69) is 4.98 Å². The fraction of sp³-hybridized carbons (Fsp3) is 0.647. The van der Waals surface area contributed by atoms with Gasteiger partial charge in [0.2, 0.25) is 0 Å². The molecule has 0 bridgehead atoms. The molecule has 0 aromatic carbocycles. The van der Waals surface area contributed by atoms with Gasteiger partial charge in [-0.25, -0.2) is 15.6 Å². The summed E-state index contributed by atoms with van der Waals surface area (Å²) in [5.74, 6) is 2.83. The maximum absolute atomic E-state index is 14.3. The second-order valence-electron chi connectivity index (χ2n) is 7.31. The van der Waals surface area contributed by atoms with Crippen LogP contribution in [0.2, 0.25) is 0 Å². The smallest absolute Gasteiger partial charge is 0.424 e. The zero-order chi connectivity index (χ0) is 18.7. The summed E-state index contributed by atoms with van der Waals surface area (Å²) < 4.78 is 33.8. The summed E-state index contributed by atoms with van der Waals surface area (Å²) in [6.07, 6.45) is 1.81. The van der Waals surface area contributed by atoms with E-state index in [0.29, 0.717) is 25.9 Å².